The number of carboxylic acids is 1. The summed E-state index contributed by atoms with van der Waals surface area (Å²) >= 11 is 0. The maximum Gasteiger partial charge on any atom is 0.303 e. The van der Waals surface area contributed by atoms with E-state index < -0.39 is 12.1 Å². The normalized spacial score (nSPS) is 11.9. The van der Waals surface area contributed by atoms with Crippen LogP contribution in [0.25, 0.3) is 11.0 Å². The molecule has 0 spiro atoms. The van der Waals surface area contributed by atoms with Crippen LogP contribution in [-0.4, -0.2) is 44.4 Å². The molecule has 0 radical (unpaired) electrons. The summed E-state index contributed by atoms with van der Waals surface area (Å²) in [6.45, 7) is 0.467. The summed E-state index contributed by atoms with van der Waals surface area (Å²) in [5.74, 6) is -0.821. The second kappa shape index (κ2) is 9.01. The van der Waals surface area contributed by atoms with E-state index in [0.717, 1.165) is 11.0 Å². The van der Waals surface area contributed by atoms with Crippen molar-refractivity contribution in [3.8, 4) is 5.75 Å². The number of aliphatic carboxylic acids is 1. The molecule has 3 N–H and O–H groups in total. The third-order valence-corrected chi connectivity index (χ3v) is 4.08. The van der Waals surface area contributed by atoms with E-state index in [4.69, 9.17) is 9.84 Å². The summed E-state index contributed by atoms with van der Waals surface area (Å²) in [6, 6.07) is 14.4. The van der Waals surface area contributed by atoms with E-state index in [2.05, 4.69) is 10.3 Å². The number of carbonyl (C=O) groups is 2. The predicted molar refractivity (Wildman–Crippen MR) is 103 cm³/mol. The number of benzene rings is 2. The minimum absolute atomic E-state index is 0.0806. The number of amides is 1. The van der Waals surface area contributed by atoms with Crippen LogP contribution in [-0.2, 0) is 16.1 Å². The number of fused-ring (bicyclic) bond motifs is 1. The number of ether oxygens (including phenoxy) is 1. The van der Waals surface area contributed by atoms with Gasteiger partial charge in [-0.25, -0.2) is 4.98 Å². The van der Waals surface area contributed by atoms with Crippen molar-refractivity contribution in [3.63, 3.8) is 0 Å². The maximum atomic E-state index is 11.6. The Morgan fingerprint density at radius 2 is 1.86 bits per heavy atom. The lowest BCUT2D eigenvalue weighted by atomic mass is 10.2. The lowest BCUT2D eigenvalue weighted by Crippen LogP contribution is -2.23. The molecule has 1 aromatic heterocycles. The molecule has 0 aliphatic rings. The second-order valence-corrected chi connectivity index (χ2v) is 6.32. The van der Waals surface area contributed by atoms with Gasteiger partial charge in [0.2, 0.25) is 5.91 Å². The monoisotopic (exact) mass is 383 g/mol. The molecule has 8 nitrogen and oxygen atoms in total. The number of rotatable bonds is 9. The minimum Gasteiger partial charge on any atom is -0.491 e. The summed E-state index contributed by atoms with van der Waals surface area (Å²) in [6.07, 6.45) is 0.684. The van der Waals surface area contributed by atoms with Crippen LogP contribution in [0, 0.1) is 0 Å². The van der Waals surface area contributed by atoms with E-state index in [1.165, 1.54) is 0 Å². The van der Waals surface area contributed by atoms with Gasteiger partial charge in [-0.1, -0.05) is 12.1 Å². The minimum atomic E-state index is -1.01. The van der Waals surface area contributed by atoms with E-state index in [9.17, 15) is 14.7 Å². The molecule has 146 valence electrons. The average Bonchev–Trinajstić information content (AvgIpc) is 3.09. The molecule has 1 heterocycles. The SMILES string of the molecule is O=C(O)CCC(=O)Nc1ccc(OC[C@@H](O)Cn2cnc3ccccc32)cc1. The quantitative estimate of drug-likeness (QED) is 0.522. The van der Waals surface area contributed by atoms with Crippen LogP contribution in [0.5, 0.6) is 5.75 Å². The van der Waals surface area contributed by atoms with Gasteiger partial charge in [-0.3, -0.25) is 9.59 Å². The highest BCUT2D eigenvalue weighted by Gasteiger charge is 2.10. The molecule has 1 amide bonds. The first-order valence-corrected chi connectivity index (χ1v) is 8.84. The smallest absolute Gasteiger partial charge is 0.303 e. The third kappa shape index (κ3) is 5.31. The number of nitrogens with zero attached hydrogens (tertiary/aromatic N) is 2. The summed E-state index contributed by atoms with van der Waals surface area (Å²) < 4.78 is 7.47. The molecule has 0 fully saturated rings. The average molecular weight is 383 g/mol. The van der Waals surface area contributed by atoms with Crippen molar-refractivity contribution in [2.24, 2.45) is 0 Å². The first-order chi connectivity index (χ1) is 13.5. The zero-order valence-corrected chi connectivity index (χ0v) is 15.1. The Bertz CT molecular complexity index is 952. The standard InChI is InChI=1S/C20H21N3O5/c24-15(11-23-13-21-17-3-1-2-4-18(17)23)12-28-16-7-5-14(6-8-16)22-19(25)9-10-20(26)27/h1-8,13,15,24H,9-12H2,(H,22,25)(H,26,27)/t15-/m0/s1. The van der Waals surface area contributed by atoms with Gasteiger partial charge in [0, 0.05) is 12.1 Å². The van der Waals surface area contributed by atoms with E-state index in [1.807, 2.05) is 28.8 Å². The van der Waals surface area contributed by atoms with Gasteiger partial charge in [-0.15, -0.1) is 0 Å². The van der Waals surface area contributed by atoms with Crippen LogP contribution in [0.15, 0.2) is 54.9 Å². The zero-order valence-electron chi connectivity index (χ0n) is 15.1. The topological polar surface area (TPSA) is 114 Å². The van der Waals surface area contributed by atoms with Gasteiger partial charge in [0.25, 0.3) is 0 Å². The zero-order chi connectivity index (χ0) is 19.9. The van der Waals surface area contributed by atoms with Crippen molar-refractivity contribution in [1.82, 2.24) is 9.55 Å². The highest BCUT2D eigenvalue weighted by atomic mass is 16.5. The number of carboxylic acid groups (broad SMARTS) is 1. The first kappa shape index (κ1) is 19.4. The van der Waals surface area contributed by atoms with Crippen LogP contribution in [0.4, 0.5) is 5.69 Å². The Morgan fingerprint density at radius 1 is 1.11 bits per heavy atom. The molecule has 0 aliphatic heterocycles. The number of aromatic nitrogens is 2. The fourth-order valence-corrected chi connectivity index (χ4v) is 2.71. The van der Waals surface area contributed by atoms with Gasteiger partial charge in [0.1, 0.15) is 18.5 Å². The molecule has 0 unspecified atom stereocenters. The number of nitrogens with one attached hydrogen (secondary N) is 1. The molecule has 3 rings (SSSR count). The van der Waals surface area contributed by atoms with Crippen LogP contribution >= 0.6 is 0 Å². The van der Waals surface area contributed by atoms with Crippen molar-refractivity contribution in [2.75, 3.05) is 11.9 Å². The first-order valence-electron chi connectivity index (χ1n) is 8.84. The lowest BCUT2D eigenvalue weighted by molar-refractivity contribution is -0.138. The van der Waals surface area contributed by atoms with Gasteiger partial charge in [0.05, 0.1) is 30.3 Å². The third-order valence-electron chi connectivity index (χ3n) is 4.08. The summed E-state index contributed by atoms with van der Waals surface area (Å²) in [4.78, 5) is 26.4. The van der Waals surface area contributed by atoms with Crippen molar-refractivity contribution < 1.29 is 24.5 Å². The Morgan fingerprint density at radius 3 is 2.61 bits per heavy atom. The number of para-hydroxylation sites is 2. The maximum absolute atomic E-state index is 11.6. The number of anilines is 1. The van der Waals surface area contributed by atoms with Gasteiger partial charge in [0.15, 0.2) is 0 Å². The predicted octanol–water partition coefficient (Wildman–Crippen LogP) is 2.28. The Labute approximate surface area is 161 Å². The van der Waals surface area contributed by atoms with Gasteiger partial charge < -0.3 is 24.8 Å². The second-order valence-electron chi connectivity index (χ2n) is 6.32. The van der Waals surface area contributed by atoms with E-state index in [-0.39, 0.29) is 25.4 Å². The van der Waals surface area contributed by atoms with Crippen LogP contribution in [0.1, 0.15) is 12.8 Å². The van der Waals surface area contributed by atoms with E-state index >= 15 is 0 Å². The summed E-state index contributed by atoms with van der Waals surface area (Å²) in [7, 11) is 0. The molecule has 0 bridgehead atoms. The molecule has 0 saturated carbocycles. The molecule has 3 aromatic rings. The van der Waals surface area contributed by atoms with Crippen molar-refractivity contribution in [1.29, 1.82) is 0 Å². The van der Waals surface area contributed by atoms with Crippen molar-refractivity contribution >= 4 is 28.6 Å². The van der Waals surface area contributed by atoms with Crippen LogP contribution < -0.4 is 10.1 Å². The molecular weight excluding hydrogens is 362 g/mol. The van der Waals surface area contributed by atoms with Gasteiger partial charge >= 0.3 is 5.97 Å². The number of aliphatic hydroxyl groups is 1. The number of hydrogen-bond acceptors (Lipinski definition) is 5. The molecule has 8 heteroatoms. The van der Waals surface area contributed by atoms with E-state index in [1.54, 1.807) is 30.6 Å². The van der Waals surface area contributed by atoms with Gasteiger partial charge in [-0.2, -0.15) is 0 Å². The highest BCUT2D eigenvalue weighted by molar-refractivity contribution is 5.92. The Kier molecular flexibility index (Phi) is 6.23. The molecule has 0 aliphatic carbocycles. The largest absolute Gasteiger partial charge is 0.491 e. The van der Waals surface area contributed by atoms with Crippen molar-refractivity contribution in [3.05, 3.63) is 54.9 Å². The molecule has 28 heavy (non-hydrogen) atoms. The Balaban J connectivity index is 1.47. The number of hydrogen-bond donors (Lipinski definition) is 3. The van der Waals surface area contributed by atoms with Crippen LogP contribution in [0.2, 0.25) is 0 Å². The molecular formula is C20H21N3O5. The van der Waals surface area contributed by atoms with Gasteiger partial charge in [-0.05, 0) is 36.4 Å². The Hall–Kier alpha value is -3.39. The number of aliphatic hydroxyl groups excluding tert-OH is 1. The molecule has 0 saturated heterocycles. The molecule has 2 aromatic carbocycles. The van der Waals surface area contributed by atoms with E-state index in [0.29, 0.717) is 18.0 Å². The fraction of sp³-hybridized carbons (Fsp3) is 0.250. The fourth-order valence-electron chi connectivity index (χ4n) is 2.71. The van der Waals surface area contributed by atoms with Crippen LogP contribution in [0.3, 0.4) is 0 Å². The summed E-state index contributed by atoms with van der Waals surface area (Å²) in [5.41, 5.74) is 2.37. The lowest BCUT2D eigenvalue weighted by Gasteiger charge is -2.14. The summed E-state index contributed by atoms with van der Waals surface area (Å²) in [5, 5.41) is 21.4. The number of carbonyl (C=O) groups excluding carboxylic acids is 1. The van der Waals surface area contributed by atoms with Crippen molar-refractivity contribution in [2.45, 2.75) is 25.5 Å². The molecule has 1 atom stereocenters. The highest BCUT2D eigenvalue weighted by Crippen LogP contribution is 2.17. The number of imidazole rings is 1.